The van der Waals surface area contributed by atoms with Crippen LogP contribution in [-0.2, 0) is 9.53 Å². The van der Waals surface area contributed by atoms with Crippen molar-refractivity contribution in [3.05, 3.63) is 52.5 Å². The van der Waals surface area contributed by atoms with Crippen LogP contribution in [0.3, 0.4) is 0 Å². The molecule has 9 nitrogen and oxygen atoms in total. The van der Waals surface area contributed by atoms with Crippen molar-refractivity contribution >= 4 is 23.3 Å². The predicted molar refractivity (Wildman–Crippen MR) is 81.9 cm³/mol. The van der Waals surface area contributed by atoms with E-state index in [4.69, 9.17) is 13.9 Å². The van der Waals surface area contributed by atoms with Crippen molar-refractivity contribution in [3.8, 4) is 5.75 Å². The van der Waals surface area contributed by atoms with E-state index in [0.717, 1.165) is 0 Å². The molecule has 0 fully saturated rings. The summed E-state index contributed by atoms with van der Waals surface area (Å²) in [4.78, 5) is 34.0. The van der Waals surface area contributed by atoms with Crippen molar-refractivity contribution in [2.75, 3.05) is 12.4 Å². The highest BCUT2D eigenvalue weighted by Gasteiger charge is 2.22. The van der Waals surface area contributed by atoms with Gasteiger partial charge in [-0.15, -0.1) is 0 Å². The monoisotopic (exact) mass is 334 g/mol. The first-order valence-corrected chi connectivity index (χ1v) is 6.80. The average molecular weight is 334 g/mol. The quantitative estimate of drug-likeness (QED) is 0.489. The summed E-state index contributed by atoms with van der Waals surface area (Å²) < 4.78 is 14.9. The van der Waals surface area contributed by atoms with Crippen LogP contribution in [-0.4, -0.2) is 30.0 Å². The summed E-state index contributed by atoms with van der Waals surface area (Å²) >= 11 is 0. The van der Waals surface area contributed by atoms with Crippen molar-refractivity contribution in [2.24, 2.45) is 0 Å². The van der Waals surface area contributed by atoms with Crippen LogP contribution < -0.4 is 10.1 Å². The second-order valence-corrected chi connectivity index (χ2v) is 4.66. The van der Waals surface area contributed by atoms with Crippen molar-refractivity contribution < 1.29 is 28.4 Å². The van der Waals surface area contributed by atoms with E-state index in [0.29, 0.717) is 0 Å². The maximum absolute atomic E-state index is 12.1. The molecule has 1 N–H and O–H groups in total. The van der Waals surface area contributed by atoms with Crippen LogP contribution in [0, 0.1) is 10.1 Å². The van der Waals surface area contributed by atoms with Gasteiger partial charge >= 0.3 is 5.97 Å². The van der Waals surface area contributed by atoms with Crippen molar-refractivity contribution in [1.29, 1.82) is 0 Å². The van der Waals surface area contributed by atoms with Crippen LogP contribution >= 0.6 is 0 Å². The second kappa shape index (κ2) is 7.27. The van der Waals surface area contributed by atoms with Gasteiger partial charge in [0.15, 0.2) is 6.10 Å². The maximum atomic E-state index is 12.1. The molecule has 24 heavy (non-hydrogen) atoms. The lowest BCUT2D eigenvalue weighted by Gasteiger charge is -2.14. The highest BCUT2D eigenvalue weighted by atomic mass is 16.6. The summed E-state index contributed by atoms with van der Waals surface area (Å²) in [7, 11) is 1.31. The Bertz CT molecular complexity index is 755. The van der Waals surface area contributed by atoms with Gasteiger partial charge in [-0.05, 0) is 25.1 Å². The molecule has 0 aliphatic rings. The third-order valence-corrected chi connectivity index (χ3v) is 3.03. The molecular weight excluding hydrogens is 320 g/mol. The Morgan fingerprint density at radius 1 is 1.33 bits per heavy atom. The average Bonchev–Trinajstić information content (AvgIpc) is 3.09. The van der Waals surface area contributed by atoms with E-state index in [2.05, 4.69) is 5.32 Å². The van der Waals surface area contributed by atoms with Crippen LogP contribution in [0.1, 0.15) is 17.5 Å². The van der Waals surface area contributed by atoms with Gasteiger partial charge < -0.3 is 19.2 Å². The molecule has 0 aliphatic carbocycles. The molecule has 1 amide bonds. The van der Waals surface area contributed by atoms with Crippen LogP contribution in [0.15, 0.2) is 41.0 Å². The number of anilines is 1. The Morgan fingerprint density at radius 2 is 2.08 bits per heavy atom. The molecule has 1 atom stereocenters. The molecule has 0 aliphatic heterocycles. The lowest BCUT2D eigenvalue weighted by molar-refractivity contribution is -0.384. The number of methoxy groups -OCH3 is 1. The Balaban J connectivity index is 2.05. The number of nitrogens with one attached hydrogen (secondary N) is 1. The van der Waals surface area contributed by atoms with Gasteiger partial charge in [0.2, 0.25) is 5.76 Å². The molecule has 0 radical (unpaired) electrons. The smallest absolute Gasteiger partial charge is 0.374 e. The Morgan fingerprint density at radius 3 is 2.67 bits per heavy atom. The number of rotatable bonds is 6. The number of amides is 1. The Kier molecular flexibility index (Phi) is 5.15. The first-order chi connectivity index (χ1) is 11.4. The van der Waals surface area contributed by atoms with Gasteiger partial charge in [-0.25, -0.2) is 4.79 Å². The van der Waals surface area contributed by atoms with Crippen LogP contribution in [0.4, 0.5) is 11.4 Å². The molecule has 0 saturated heterocycles. The van der Waals surface area contributed by atoms with E-state index in [-0.39, 0.29) is 22.9 Å². The number of esters is 1. The summed E-state index contributed by atoms with van der Waals surface area (Å²) in [5, 5.41) is 13.2. The van der Waals surface area contributed by atoms with E-state index in [1.807, 2.05) is 0 Å². The topological polar surface area (TPSA) is 121 Å². The number of benzene rings is 1. The predicted octanol–water partition coefficient (Wildman–Crippen LogP) is 2.38. The molecule has 0 unspecified atom stereocenters. The largest absolute Gasteiger partial charge is 0.494 e. The summed E-state index contributed by atoms with van der Waals surface area (Å²) in [5.74, 6) is -1.31. The standard InChI is InChI=1S/C15H14N2O7/c1-9(24-15(19)12-4-3-7-23-12)14(18)16-11-6-5-10(17(20)21)8-13(11)22-2/h3-9H,1-2H3,(H,16,18)/t9-/m0/s1. The van der Waals surface area contributed by atoms with Crippen LogP contribution in [0.2, 0.25) is 0 Å². The van der Waals surface area contributed by atoms with Gasteiger partial charge in [0.1, 0.15) is 5.75 Å². The molecule has 126 valence electrons. The summed E-state index contributed by atoms with van der Waals surface area (Å²) in [6.45, 7) is 1.38. The first-order valence-electron chi connectivity index (χ1n) is 6.80. The lowest BCUT2D eigenvalue weighted by Crippen LogP contribution is -2.30. The van der Waals surface area contributed by atoms with Gasteiger partial charge in [0, 0.05) is 6.07 Å². The number of non-ortho nitro benzene ring substituents is 1. The minimum absolute atomic E-state index is 0.0254. The van der Waals surface area contributed by atoms with Crippen LogP contribution in [0.25, 0.3) is 0 Å². The number of nitro groups is 1. The van der Waals surface area contributed by atoms with E-state index < -0.39 is 22.9 Å². The molecular formula is C15H14N2O7. The molecule has 1 aromatic carbocycles. The maximum Gasteiger partial charge on any atom is 0.374 e. The number of carbonyl (C=O) groups is 2. The molecule has 0 spiro atoms. The first kappa shape index (κ1) is 17.0. The fraction of sp³-hybridized carbons (Fsp3) is 0.200. The third kappa shape index (κ3) is 3.88. The Hall–Kier alpha value is -3.36. The highest BCUT2D eigenvalue weighted by molar-refractivity contribution is 5.97. The van der Waals surface area contributed by atoms with Crippen molar-refractivity contribution in [2.45, 2.75) is 13.0 Å². The van der Waals surface area contributed by atoms with Gasteiger partial charge in [-0.2, -0.15) is 0 Å². The van der Waals surface area contributed by atoms with Crippen molar-refractivity contribution in [3.63, 3.8) is 0 Å². The highest BCUT2D eigenvalue weighted by Crippen LogP contribution is 2.29. The minimum Gasteiger partial charge on any atom is -0.494 e. The normalized spacial score (nSPS) is 11.4. The zero-order valence-corrected chi connectivity index (χ0v) is 12.8. The SMILES string of the molecule is COc1cc([N+](=O)[O-])ccc1NC(=O)[C@H](C)OC(=O)c1ccco1. The summed E-state index contributed by atoms with van der Waals surface area (Å²) in [6, 6.07) is 6.65. The van der Waals surface area contributed by atoms with Gasteiger partial charge in [0.05, 0.1) is 30.1 Å². The van der Waals surface area contributed by atoms with E-state index in [1.165, 1.54) is 50.6 Å². The fourth-order valence-corrected chi connectivity index (χ4v) is 1.80. The third-order valence-electron chi connectivity index (χ3n) is 3.03. The number of furan rings is 1. The fourth-order valence-electron chi connectivity index (χ4n) is 1.80. The Labute approximate surface area is 136 Å². The minimum atomic E-state index is -1.11. The van der Waals surface area contributed by atoms with E-state index in [9.17, 15) is 19.7 Å². The number of ether oxygens (including phenoxy) is 2. The molecule has 1 heterocycles. The summed E-state index contributed by atoms with van der Waals surface area (Å²) in [6.07, 6.45) is 0.200. The second-order valence-electron chi connectivity index (χ2n) is 4.66. The molecule has 9 heteroatoms. The zero-order chi connectivity index (χ0) is 17.7. The van der Waals surface area contributed by atoms with Gasteiger partial charge in [0.25, 0.3) is 11.6 Å². The van der Waals surface area contributed by atoms with E-state index >= 15 is 0 Å². The molecule has 1 aromatic heterocycles. The number of hydrogen-bond donors (Lipinski definition) is 1. The molecule has 2 aromatic rings. The summed E-state index contributed by atoms with van der Waals surface area (Å²) in [5.41, 5.74) is 0.0381. The number of hydrogen-bond acceptors (Lipinski definition) is 7. The van der Waals surface area contributed by atoms with Crippen molar-refractivity contribution in [1.82, 2.24) is 0 Å². The lowest BCUT2D eigenvalue weighted by atomic mass is 10.2. The number of nitro benzene ring substituents is 1. The number of carbonyl (C=O) groups excluding carboxylic acids is 2. The van der Waals surface area contributed by atoms with E-state index in [1.54, 1.807) is 0 Å². The molecule has 2 rings (SSSR count). The number of nitrogens with zero attached hydrogens (tertiary/aromatic N) is 1. The van der Waals surface area contributed by atoms with Gasteiger partial charge in [-0.1, -0.05) is 0 Å². The molecule has 0 bridgehead atoms. The molecule has 0 saturated carbocycles. The van der Waals surface area contributed by atoms with Gasteiger partial charge in [-0.3, -0.25) is 14.9 Å². The van der Waals surface area contributed by atoms with Crippen LogP contribution in [0.5, 0.6) is 5.75 Å². The zero-order valence-electron chi connectivity index (χ0n) is 12.8.